The van der Waals surface area contributed by atoms with Crippen molar-refractivity contribution in [3.8, 4) is 23.6 Å². The number of pyridine rings is 1. The Hall–Kier alpha value is -1.40. The summed E-state index contributed by atoms with van der Waals surface area (Å²) in [5.41, 5.74) is 0.739. The molecule has 80 valence electrons. The molecule has 0 fully saturated rings. The lowest BCUT2D eigenvalue weighted by atomic mass is 10.2. The van der Waals surface area contributed by atoms with Gasteiger partial charge in [0, 0.05) is 18.4 Å². The van der Waals surface area contributed by atoms with E-state index < -0.39 is 0 Å². The van der Waals surface area contributed by atoms with Gasteiger partial charge in [-0.1, -0.05) is 11.8 Å². The van der Waals surface area contributed by atoms with E-state index in [4.69, 9.17) is 21.1 Å². The number of rotatable bonds is 3. The average Bonchev–Trinajstić information content (AvgIpc) is 2.29. The molecule has 0 saturated carbocycles. The number of alkyl halides is 1. The summed E-state index contributed by atoms with van der Waals surface area (Å²) in [5, 5.41) is 0. The number of nitrogens with zero attached hydrogens (tertiary/aromatic N) is 1. The zero-order chi connectivity index (χ0) is 11.1. The van der Waals surface area contributed by atoms with Crippen LogP contribution in [-0.4, -0.2) is 25.1 Å². The third-order valence-corrected chi connectivity index (χ3v) is 1.87. The van der Waals surface area contributed by atoms with Crippen molar-refractivity contribution < 1.29 is 9.47 Å². The van der Waals surface area contributed by atoms with Gasteiger partial charge < -0.3 is 9.47 Å². The zero-order valence-corrected chi connectivity index (χ0v) is 9.47. The number of hydrogen-bond donors (Lipinski definition) is 0. The maximum Gasteiger partial charge on any atom is 0.232 e. The molecule has 0 saturated heterocycles. The van der Waals surface area contributed by atoms with Gasteiger partial charge in [0.25, 0.3) is 0 Å². The van der Waals surface area contributed by atoms with Crippen LogP contribution in [0.1, 0.15) is 12.0 Å². The highest BCUT2D eigenvalue weighted by Gasteiger charge is 2.03. The molecule has 1 aromatic rings. The first-order chi connectivity index (χ1) is 7.31. The van der Waals surface area contributed by atoms with Crippen LogP contribution in [-0.2, 0) is 0 Å². The van der Waals surface area contributed by atoms with Gasteiger partial charge in [-0.2, -0.15) is 4.98 Å². The molecule has 0 N–H and O–H groups in total. The maximum absolute atomic E-state index is 5.52. The van der Waals surface area contributed by atoms with E-state index in [1.54, 1.807) is 20.3 Å². The van der Waals surface area contributed by atoms with Gasteiger partial charge in [-0.25, -0.2) is 0 Å². The molecule has 1 aromatic heterocycles. The second-order valence-electron chi connectivity index (χ2n) is 2.65. The van der Waals surface area contributed by atoms with Crippen molar-refractivity contribution in [2.45, 2.75) is 6.42 Å². The smallest absolute Gasteiger partial charge is 0.232 e. The Morgan fingerprint density at radius 1 is 1.33 bits per heavy atom. The second kappa shape index (κ2) is 6.15. The van der Waals surface area contributed by atoms with Crippen LogP contribution >= 0.6 is 11.6 Å². The predicted molar refractivity (Wildman–Crippen MR) is 59.6 cm³/mol. The van der Waals surface area contributed by atoms with Crippen LogP contribution in [0.5, 0.6) is 11.8 Å². The minimum Gasteiger partial charge on any atom is -0.481 e. The summed E-state index contributed by atoms with van der Waals surface area (Å²) in [7, 11) is 3.11. The molecule has 0 aliphatic heterocycles. The van der Waals surface area contributed by atoms with Gasteiger partial charge in [0.1, 0.15) is 0 Å². The molecule has 0 atom stereocenters. The van der Waals surface area contributed by atoms with Crippen LogP contribution < -0.4 is 9.47 Å². The fourth-order valence-electron chi connectivity index (χ4n) is 0.993. The Labute approximate surface area is 94.4 Å². The molecule has 0 aromatic carbocycles. The number of methoxy groups -OCH3 is 2. The molecule has 15 heavy (non-hydrogen) atoms. The lowest BCUT2D eigenvalue weighted by Crippen LogP contribution is -1.94. The van der Waals surface area contributed by atoms with E-state index >= 15 is 0 Å². The first-order valence-electron chi connectivity index (χ1n) is 4.45. The second-order valence-corrected chi connectivity index (χ2v) is 3.03. The van der Waals surface area contributed by atoms with Crippen LogP contribution in [0.2, 0.25) is 0 Å². The summed E-state index contributed by atoms with van der Waals surface area (Å²) >= 11 is 5.52. The van der Waals surface area contributed by atoms with Crippen molar-refractivity contribution in [2.75, 3.05) is 20.1 Å². The van der Waals surface area contributed by atoms with Gasteiger partial charge in [-0.3, -0.25) is 0 Å². The fraction of sp³-hybridized carbons (Fsp3) is 0.364. The summed E-state index contributed by atoms with van der Waals surface area (Å²) in [6, 6.07) is 3.55. The van der Waals surface area contributed by atoms with Gasteiger partial charge in [0.15, 0.2) is 0 Å². The Morgan fingerprint density at radius 3 is 2.73 bits per heavy atom. The molecule has 0 bridgehead atoms. The van der Waals surface area contributed by atoms with Crippen molar-refractivity contribution in [1.29, 1.82) is 0 Å². The van der Waals surface area contributed by atoms with E-state index in [9.17, 15) is 0 Å². The molecule has 1 heterocycles. The molecular weight excluding hydrogens is 214 g/mol. The first-order valence-corrected chi connectivity index (χ1v) is 4.99. The van der Waals surface area contributed by atoms with Gasteiger partial charge in [0.05, 0.1) is 19.8 Å². The van der Waals surface area contributed by atoms with E-state index in [2.05, 4.69) is 16.8 Å². The molecule has 0 unspecified atom stereocenters. The van der Waals surface area contributed by atoms with Crippen LogP contribution in [0.25, 0.3) is 0 Å². The molecule has 3 nitrogen and oxygen atoms in total. The van der Waals surface area contributed by atoms with Gasteiger partial charge in [-0.15, -0.1) is 11.6 Å². The molecule has 1 rings (SSSR count). The van der Waals surface area contributed by atoms with E-state index in [0.29, 0.717) is 24.1 Å². The van der Waals surface area contributed by atoms with Gasteiger partial charge in [0.2, 0.25) is 11.8 Å². The summed E-state index contributed by atoms with van der Waals surface area (Å²) < 4.78 is 10.1. The molecular formula is C11H12ClNO2. The minimum atomic E-state index is 0.469. The molecule has 0 radical (unpaired) electrons. The quantitative estimate of drug-likeness (QED) is 0.583. The average molecular weight is 226 g/mol. The number of halogens is 1. The van der Waals surface area contributed by atoms with E-state index in [-0.39, 0.29) is 0 Å². The molecule has 0 spiro atoms. The van der Waals surface area contributed by atoms with Crippen LogP contribution in [0.4, 0.5) is 0 Å². The lowest BCUT2D eigenvalue weighted by Gasteiger charge is -2.04. The summed E-state index contributed by atoms with van der Waals surface area (Å²) in [5.74, 6) is 7.36. The van der Waals surface area contributed by atoms with Crippen molar-refractivity contribution in [2.24, 2.45) is 0 Å². The van der Waals surface area contributed by atoms with Gasteiger partial charge in [-0.05, 0) is 6.07 Å². The summed E-state index contributed by atoms with van der Waals surface area (Å²) in [4.78, 5) is 4.11. The van der Waals surface area contributed by atoms with Crippen LogP contribution in [0.15, 0.2) is 12.1 Å². The third kappa shape index (κ3) is 3.34. The number of hydrogen-bond acceptors (Lipinski definition) is 3. The molecule has 0 amide bonds. The maximum atomic E-state index is 5.52. The normalized spacial score (nSPS) is 9.00. The van der Waals surface area contributed by atoms with Crippen molar-refractivity contribution >= 4 is 11.6 Å². The minimum absolute atomic E-state index is 0.469. The summed E-state index contributed by atoms with van der Waals surface area (Å²) in [6.07, 6.45) is 0.650. The zero-order valence-electron chi connectivity index (χ0n) is 8.71. The van der Waals surface area contributed by atoms with Crippen molar-refractivity contribution in [3.05, 3.63) is 17.7 Å². The Balaban J connectivity index is 2.93. The largest absolute Gasteiger partial charge is 0.481 e. The van der Waals surface area contributed by atoms with E-state index in [1.807, 2.05) is 6.07 Å². The standard InChI is InChI=1S/C11H12ClNO2/c1-14-10-7-6-9(5-3-4-8-12)11(13-10)15-2/h6-7H,4,8H2,1-2H3. The lowest BCUT2D eigenvalue weighted by molar-refractivity contribution is 0.364. The highest BCUT2D eigenvalue weighted by Crippen LogP contribution is 2.18. The Bertz CT molecular complexity index is 382. The molecule has 0 aliphatic carbocycles. The Kier molecular flexibility index (Phi) is 4.79. The number of aromatic nitrogens is 1. The van der Waals surface area contributed by atoms with E-state index in [0.717, 1.165) is 5.56 Å². The Morgan fingerprint density at radius 2 is 2.13 bits per heavy atom. The summed E-state index contributed by atoms with van der Waals surface area (Å²) in [6.45, 7) is 0. The third-order valence-electron chi connectivity index (χ3n) is 1.68. The van der Waals surface area contributed by atoms with Crippen LogP contribution in [0.3, 0.4) is 0 Å². The monoisotopic (exact) mass is 225 g/mol. The van der Waals surface area contributed by atoms with Gasteiger partial charge >= 0.3 is 0 Å². The fourth-order valence-corrected chi connectivity index (χ4v) is 1.09. The predicted octanol–water partition coefficient (Wildman–Crippen LogP) is 2.08. The highest BCUT2D eigenvalue weighted by molar-refractivity contribution is 6.18. The molecule has 0 aliphatic rings. The van der Waals surface area contributed by atoms with E-state index in [1.165, 1.54) is 0 Å². The SMILES string of the molecule is COc1ccc(C#CCCCl)c(OC)n1. The first kappa shape index (κ1) is 11.7. The van der Waals surface area contributed by atoms with Crippen molar-refractivity contribution in [1.82, 2.24) is 4.98 Å². The number of ether oxygens (including phenoxy) is 2. The highest BCUT2D eigenvalue weighted by atomic mass is 35.5. The molecule has 4 heteroatoms. The topological polar surface area (TPSA) is 31.4 Å². The van der Waals surface area contributed by atoms with Crippen LogP contribution in [0, 0.1) is 11.8 Å². The van der Waals surface area contributed by atoms with Crippen molar-refractivity contribution in [3.63, 3.8) is 0 Å².